The molecular weight excluding hydrogens is 619 g/mol. The van der Waals surface area contributed by atoms with Crippen molar-refractivity contribution < 1.29 is 28.6 Å². The number of halogens is 2. The lowest BCUT2D eigenvalue weighted by molar-refractivity contribution is -0.130. The van der Waals surface area contributed by atoms with E-state index in [1.165, 1.54) is 14.2 Å². The van der Waals surface area contributed by atoms with Crippen molar-refractivity contribution >= 4 is 46.8 Å². The molecule has 5 rings (SSSR count). The van der Waals surface area contributed by atoms with Gasteiger partial charge in [0, 0.05) is 76.3 Å². The van der Waals surface area contributed by atoms with E-state index >= 15 is 0 Å². The van der Waals surface area contributed by atoms with Gasteiger partial charge < -0.3 is 28.9 Å². The standard InChI is InChI=1S/C33H42Cl2N4O6/c1-21-6-7-25(16-28(21)35)39(33(42)45-26-10-14-37(15-11-26)22(2)40)13-5-12-36-17-23-19-38(20-24(23)18-36)32(41)30-29(43-3)9-8-27(34)31(30)44-4/h6-9,16,23-24,26H,5,10-15,17-20H2,1-4H3. The van der Waals surface area contributed by atoms with Gasteiger partial charge in [-0.1, -0.05) is 29.3 Å². The molecule has 0 aliphatic carbocycles. The van der Waals surface area contributed by atoms with Crippen LogP contribution in [0.2, 0.25) is 10.0 Å². The first-order chi connectivity index (χ1) is 21.6. The summed E-state index contributed by atoms with van der Waals surface area (Å²) in [5.41, 5.74) is 2.00. The van der Waals surface area contributed by atoms with Crippen LogP contribution in [0.25, 0.3) is 0 Å². The normalized spacial score (nSPS) is 20.2. The molecular formula is C33H42Cl2N4O6. The third-order valence-electron chi connectivity index (χ3n) is 9.26. The number of methoxy groups -OCH3 is 2. The molecule has 0 spiro atoms. The SMILES string of the molecule is COc1ccc(Cl)c(OC)c1C(=O)N1CC2CN(CCCN(C(=O)OC3CCN(C(C)=O)CC3)c3ccc(C)c(Cl)c3)CC2C1. The van der Waals surface area contributed by atoms with Gasteiger partial charge in [-0.05, 0) is 61.6 Å². The Morgan fingerprint density at radius 1 is 0.911 bits per heavy atom. The van der Waals surface area contributed by atoms with E-state index in [0.29, 0.717) is 90.2 Å². The predicted octanol–water partition coefficient (Wildman–Crippen LogP) is 5.37. The van der Waals surface area contributed by atoms with Crippen molar-refractivity contribution in [2.24, 2.45) is 11.8 Å². The fraction of sp³-hybridized carbons (Fsp3) is 0.545. The zero-order valence-corrected chi connectivity index (χ0v) is 27.9. The Balaban J connectivity index is 1.17. The monoisotopic (exact) mass is 660 g/mol. The zero-order chi connectivity index (χ0) is 32.2. The third kappa shape index (κ3) is 7.45. The highest BCUT2D eigenvalue weighted by Gasteiger charge is 2.42. The number of fused-ring (bicyclic) bond motifs is 1. The molecule has 2 atom stereocenters. The maximum atomic E-state index is 13.6. The average molecular weight is 662 g/mol. The Bertz CT molecular complexity index is 1400. The minimum Gasteiger partial charge on any atom is -0.496 e. The second-order valence-corrected chi connectivity index (χ2v) is 13.0. The summed E-state index contributed by atoms with van der Waals surface area (Å²) < 4.78 is 16.9. The molecule has 0 bridgehead atoms. The lowest BCUT2D eigenvalue weighted by Gasteiger charge is -2.32. The van der Waals surface area contributed by atoms with Gasteiger partial charge in [0.15, 0.2) is 5.75 Å². The fourth-order valence-corrected chi connectivity index (χ4v) is 7.14. The molecule has 0 saturated carbocycles. The van der Waals surface area contributed by atoms with Crippen molar-refractivity contribution in [3.05, 3.63) is 51.5 Å². The number of piperidine rings is 1. The number of hydrogen-bond donors (Lipinski definition) is 0. The van der Waals surface area contributed by atoms with Gasteiger partial charge in [0.2, 0.25) is 5.91 Å². The van der Waals surface area contributed by atoms with E-state index in [9.17, 15) is 14.4 Å². The average Bonchev–Trinajstić information content (AvgIpc) is 3.60. The minimum atomic E-state index is -0.393. The van der Waals surface area contributed by atoms with Crippen LogP contribution in [0, 0.1) is 18.8 Å². The number of hydrogen-bond acceptors (Lipinski definition) is 7. The number of rotatable bonds is 9. The van der Waals surface area contributed by atoms with Crippen LogP contribution in [0.4, 0.5) is 10.5 Å². The van der Waals surface area contributed by atoms with Gasteiger partial charge in [0.25, 0.3) is 5.91 Å². The molecule has 2 aromatic carbocycles. The van der Waals surface area contributed by atoms with Crippen LogP contribution in [-0.4, -0.2) is 105 Å². The molecule has 3 heterocycles. The van der Waals surface area contributed by atoms with E-state index in [1.807, 2.05) is 30.0 Å². The van der Waals surface area contributed by atoms with Crippen LogP contribution in [-0.2, 0) is 9.53 Å². The second kappa shape index (κ2) is 14.5. The fourth-order valence-electron chi connectivity index (χ4n) is 6.73. The summed E-state index contributed by atoms with van der Waals surface area (Å²) in [6, 6.07) is 8.98. The van der Waals surface area contributed by atoms with Crippen LogP contribution in [0.3, 0.4) is 0 Å². The zero-order valence-electron chi connectivity index (χ0n) is 26.4. The number of likely N-dealkylation sites (tertiary alicyclic amines) is 3. The first-order valence-corrected chi connectivity index (χ1v) is 16.3. The van der Waals surface area contributed by atoms with E-state index < -0.39 is 6.09 Å². The maximum Gasteiger partial charge on any atom is 0.414 e. The molecule has 2 unspecified atom stereocenters. The smallest absolute Gasteiger partial charge is 0.414 e. The van der Waals surface area contributed by atoms with Gasteiger partial charge in [0.05, 0.1) is 19.2 Å². The van der Waals surface area contributed by atoms with E-state index in [0.717, 1.165) is 31.6 Å². The first-order valence-electron chi connectivity index (χ1n) is 15.5. The van der Waals surface area contributed by atoms with Gasteiger partial charge in [-0.25, -0.2) is 4.79 Å². The highest BCUT2D eigenvalue weighted by atomic mass is 35.5. The van der Waals surface area contributed by atoms with Crippen LogP contribution in [0.1, 0.15) is 42.1 Å². The van der Waals surface area contributed by atoms with Crippen molar-refractivity contribution in [1.29, 1.82) is 0 Å². The number of ether oxygens (including phenoxy) is 3. The highest BCUT2D eigenvalue weighted by Crippen LogP contribution is 2.39. The summed E-state index contributed by atoms with van der Waals surface area (Å²) in [5, 5.41) is 0.968. The van der Waals surface area contributed by atoms with Gasteiger partial charge in [-0.15, -0.1) is 0 Å². The Kier molecular flexibility index (Phi) is 10.7. The molecule has 10 nitrogen and oxygen atoms in total. The number of amides is 3. The topological polar surface area (TPSA) is 91.9 Å². The summed E-state index contributed by atoms with van der Waals surface area (Å²) in [4.78, 5) is 46.5. The van der Waals surface area contributed by atoms with Crippen molar-refractivity contribution in [2.75, 3.05) is 71.5 Å². The number of carbonyl (C=O) groups excluding carboxylic acids is 3. The van der Waals surface area contributed by atoms with Gasteiger partial charge in [-0.3, -0.25) is 14.5 Å². The maximum absolute atomic E-state index is 13.6. The van der Waals surface area contributed by atoms with Crippen LogP contribution in [0.5, 0.6) is 11.5 Å². The lowest BCUT2D eigenvalue weighted by Crippen LogP contribution is -2.43. The Morgan fingerprint density at radius 3 is 2.20 bits per heavy atom. The van der Waals surface area contributed by atoms with Crippen LogP contribution >= 0.6 is 23.2 Å². The second-order valence-electron chi connectivity index (χ2n) is 12.2. The van der Waals surface area contributed by atoms with Crippen molar-refractivity contribution in [2.45, 2.75) is 39.2 Å². The summed E-state index contributed by atoms with van der Waals surface area (Å²) in [6.45, 7) is 9.04. The molecule has 2 aromatic rings. The summed E-state index contributed by atoms with van der Waals surface area (Å²) in [5.74, 6) is 1.41. The number of benzene rings is 2. The molecule has 45 heavy (non-hydrogen) atoms. The predicted molar refractivity (Wildman–Crippen MR) is 174 cm³/mol. The van der Waals surface area contributed by atoms with Crippen LogP contribution in [0.15, 0.2) is 30.3 Å². The van der Waals surface area contributed by atoms with Crippen molar-refractivity contribution in [3.8, 4) is 11.5 Å². The number of carbonyl (C=O) groups is 3. The highest BCUT2D eigenvalue weighted by molar-refractivity contribution is 6.33. The van der Waals surface area contributed by atoms with Crippen molar-refractivity contribution in [1.82, 2.24) is 14.7 Å². The molecule has 0 radical (unpaired) electrons. The quantitative estimate of drug-likeness (QED) is 0.357. The number of anilines is 1. The van der Waals surface area contributed by atoms with Crippen molar-refractivity contribution in [3.63, 3.8) is 0 Å². The summed E-state index contributed by atoms with van der Waals surface area (Å²) in [6.07, 6.45) is 1.38. The lowest BCUT2D eigenvalue weighted by atomic mass is 10.0. The molecule has 244 valence electrons. The van der Waals surface area contributed by atoms with Gasteiger partial charge >= 0.3 is 6.09 Å². The Hall–Kier alpha value is -3.21. The number of nitrogens with zero attached hydrogens (tertiary/aromatic N) is 4. The van der Waals surface area contributed by atoms with E-state index in [2.05, 4.69) is 4.90 Å². The molecule has 0 aromatic heterocycles. The molecule has 3 aliphatic rings. The molecule has 3 saturated heterocycles. The molecule has 0 N–H and O–H groups in total. The molecule has 3 fully saturated rings. The molecule has 3 amide bonds. The number of aryl methyl sites for hydroxylation is 1. The van der Waals surface area contributed by atoms with E-state index in [4.69, 9.17) is 37.4 Å². The third-order valence-corrected chi connectivity index (χ3v) is 9.96. The molecule has 12 heteroatoms. The van der Waals surface area contributed by atoms with E-state index in [-0.39, 0.29) is 17.9 Å². The Morgan fingerprint density at radius 2 is 1.60 bits per heavy atom. The minimum absolute atomic E-state index is 0.0441. The largest absolute Gasteiger partial charge is 0.496 e. The summed E-state index contributed by atoms with van der Waals surface area (Å²) >= 11 is 12.8. The Labute approximate surface area is 275 Å². The summed E-state index contributed by atoms with van der Waals surface area (Å²) in [7, 11) is 3.03. The van der Waals surface area contributed by atoms with Gasteiger partial charge in [-0.2, -0.15) is 0 Å². The molecule has 3 aliphatic heterocycles. The first kappa shape index (κ1) is 33.2. The van der Waals surface area contributed by atoms with Crippen LogP contribution < -0.4 is 14.4 Å². The van der Waals surface area contributed by atoms with Gasteiger partial charge in [0.1, 0.15) is 17.4 Å². The van der Waals surface area contributed by atoms with E-state index in [1.54, 1.807) is 28.9 Å².